The lowest BCUT2D eigenvalue weighted by atomic mass is 9.87. The van der Waals surface area contributed by atoms with Crippen LogP contribution in [-0.4, -0.2) is 34.5 Å². The van der Waals surface area contributed by atoms with E-state index in [1.165, 1.54) is 12.3 Å². The summed E-state index contributed by atoms with van der Waals surface area (Å²) >= 11 is 5.68. The summed E-state index contributed by atoms with van der Waals surface area (Å²) in [4.78, 5) is 17.1. The molecule has 1 aromatic heterocycles. The molecule has 0 atom stereocenters. The molecule has 1 amide bonds. The summed E-state index contributed by atoms with van der Waals surface area (Å²) < 4.78 is 96.0. The minimum Gasteiger partial charge on any atom is -0.338 e. The minimum atomic E-state index is -3.19. The third kappa shape index (κ3) is 5.04. The topological polar surface area (TPSA) is 33.2 Å². The van der Waals surface area contributed by atoms with Crippen molar-refractivity contribution in [2.45, 2.75) is 44.6 Å². The second kappa shape index (κ2) is 8.34. The predicted octanol–water partition coefficient (Wildman–Crippen LogP) is 5.15. The van der Waals surface area contributed by atoms with Crippen LogP contribution in [0.3, 0.4) is 0 Å². The van der Waals surface area contributed by atoms with Crippen LogP contribution in [0.2, 0.25) is 5.02 Å². The van der Waals surface area contributed by atoms with Crippen LogP contribution in [0.25, 0.3) is 0 Å². The number of carbonyl (C=O) groups excluding carboxylic acids is 1. The minimum absolute atomic E-state index is 0.151. The molecule has 1 aliphatic rings. The highest BCUT2D eigenvalue weighted by atomic mass is 35.5. The van der Waals surface area contributed by atoms with E-state index in [1.54, 1.807) is 13.0 Å². The molecule has 0 bridgehead atoms. The Bertz CT molecular complexity index is 1110. The number of hydrogen-bond donors (Lipinski definition) is 0. The van der Waals surface area contributed by atoms with Crippen molar-refractivity contribution < 1.29 is 24.5 Å². The fourth-order valence-electron chi connectivity index (χ4n) is 2.42. The van der Waals surface area contributed by atoms with Gasteiger partial charge >= 0.3 is 0 Å². The molecule has 1 fully saturated rings. The number of piperidine rings is 1. The Morgan fingerprint density at radius 2 is 2.11 bits per heavy atom. The number of carbonyl (C=O) groups is 1. The first kappa shape index (κ1) is 11.7. The van der Waals surface area contributed by atoms with Gasteiger partial charge in [-0.05, 0) is 68.8 Å². The molecular weight excluding hydrogens is 370 g/mol. The Hall–Kier alpha value is -2.01. The second-order valence-electron chi connectivity index (χ2n) is 6.16. The Morgan fingerprint density at radius 3 is 2.74 bits per heavy atom. The summed E-state index contributed by atoms with van der Waals surface area (Å²) in [6.45, 7) is -4.31. The van der Waals surface area contributed by atoms with Crippen LogP contribution in [-0.2, 0) is 6.37 Å². The van der Waals surface area contributed by atoms with Gasteiger partial charge in [0.25, 0.3) is 5.91 Å². The molecular formula is C21H23ClF2N2O. The zero-order chi connectivity index (χ0) is 26.6. The van der Waals surface area contributed by atoms with Crippen LogP contribution in [0, 0.1) is 12.7 Å². The SMILES string of the molecule is [2H]C([2H])(CC([2H])([2H])C1(F)CC([2H])([2H])N(C(=O)c2ccc(F)c(Cl)c2)C([2H])([2H])C1)c1ccc(C)cn1. The second-order valence-corrected chi connectivity index (χ2v) is 6.56. The van der Waals surface area contributed by atoms with Crippen LogP contribution in [0.4, 0.5) is 8.78 Å². The van der Waals surface area contributed by atoms with Gasteiger partial charge in [0.05, 0.1) is 5.02 Å². The number of alkyl halides is 1. The van der Waals surface area contributed by atoms with Crippen LogP contribution in [0.15, 0.2) is 36.5 Å². The van der Waals surface area contributed by atoms with Crippen molar-refractivity contribution in [1.82, 2.24) is 9.88 Å². The fraction of sp³-hybridized carbons (Fsp3) is 0.429. The van der Waals surface area contributed by atoms with E-state index in [-0.39, 0.29) is 16.2 Å². The number of halogens is 3. The van der Waals surface area contributed by atoms with E-state index in [2.05, 4.69) is 4.98 Å². The molecule has 1 aliphatic heterocycles. The van der Waals surface area contributed by atoms with Gasteiger partial charge in [0.2, 0.25) is 0 Å². The van der Waals surface area contributed by atoms with Crippen LogP contribution in [0.1, 0.15) is 58.2 Å². The number of pyridine rings is 1. The lowest BCUT2D eigenvalue weighted by molar-refractivity contribution is 0.0389. The molecule has 3 rings (SSSR count). The molecule has 1 saturated heterocycles. The fourth-order valence-corrected chi connectivity index (χ4v) is 2.60. The van der Waals surface area contributed by atoms with Gasteiger partial charge < -0.3 is 4.90 Å². The van der Waals surface area contributed by atoms with Crippen molar-refractivity contribution in [2.24, 2.45) is 0 Å². The normalized spacial score (nSPS) is 25.6. The van der Waals surface area contributed by atoms with Gasteiger partial charge in [-0.2, -0.15) is 0 Å². The van der Waals surface area contributed by atoms with Gasteiger partial charge in [-0.25, -0.2) is 8.78 Å². The largest absolute Gasteiger partial charge is 0.338 e. The Balaban J connectivity index is 1.94. The quantitative estimate of drug-likeness (QED) is 0.695. The maximum Gasteiger partial charge on any atom is 0.253 e. The van der Waals surface area contributed by atoms with Crippen LogP contribution in [0.5, 0.6) is 0 Å². The molecule has 0 aliphatic carbocycles. The molecule has 3 nitrogen and oxygen atoms in total. The number of aromatic nitrogens is 1. The molecule has 1 aromatic carbocycles. The number of benzene rings is 1. The first-order valence-electron chi connectivity index (χ1n) is 12.2. The monoisotopic (exact) mass is 400 g/mol. The van der Waals surface area contributed by atoms with Gasteiger partial charge in [-0.3, -0.25) is 9.78 Å². The van der Waals surface area contributed by atoms with Gasteiger partial charge in [-0.1, -0.05) is 17.7 Å². The molecule has 0 spiro atoms. The highest BCUT2D eigenvalue weighted by Crippen LogP contribution is 2.32. The number of aryl methyl sites for hydroxylation is 2. The van der Waals surface area contributed by atoms with E-state index < -0.39 is 67.4 Å². The molecule has 6 heteroatoms. The Kier molecular flexibility index (Phi) is 3.63. The number of likely N-dealkylation sites (tertiary alicyclic amines) is 1. The summed E-state index contributed by atoms with van der Waals surface area (Å²) in [6.07, 6.45) is -7.71. The van der Waals surface area contributed by atoms with Crippen molar-refractivity contribution in [1.29, 1.82) is 0 Å². The zero-order valence-electron chi connectivity index (χ0n) is 22.5. The van der Waals surface area contributed by atoms with Crippen molar-refractivity contribution in [3.63, 3.8) is 0 Å². The van der Waals surface area contributed by atoms with Gasteiger partial charge in [0.1, 0.15) is 11.5 Å². The lowest BCUT2D eigenvalue weighted by Crippen LogP contribution is -2.44. The summed E-state index contributed by atoms with van der Waals surface area (Å²) in [5, 5.41) is -0.447. The molecule has 0 radical (unpaired) electrons. The predicted molar refractivity (Wildman–Crippen MR) is 102 cm³/mol. The number of rotatable bonds is 5. The highest BCUT2D eigenvalue weighted by molar-refractivity contribution is 6.31. The first-order chi connectivity index (χ1) is 15.8. The van der Waals surface area contributed by atoms with Crippen molar-refractivity contribution >= 4 is 17.5 Å². The summed E-state index contributed by atoms with van der Waals surface area (Å²) in [5.41, 5.74) is -2.94. The first-order valence-corrected chi connectivity index (χ1v) is 8.61. The van der Waals surface area contributed by atoms with Crippen molar-refractivity contribution in [3.05, 3.63) is 64.2 Å². The molecule has 0 saturated carbocycles. The van der Waals surface area contributed by atoms with E-state index in [4.69, 9.17) is 22.6 Å². The lowest BCUT2D eigenvalue weighted by Gasteiger charge is -2.36. The third-order valence-corrected chi connectivity index (χ3v) is 4.28. The van der Waals surface area contributed by atoms with Crippen LogP contribution >= 0.6 is 11.6 Å². The number of amides is 1. The summed E-state index contributed by atoms with van der Waals surface area (Å²) in [5.74, 6) is -2.06. The summed E-state index contributed by atoms with van der Waals surface area (Å²) in [7, 11) is 0. The molecule has 27 heavy (non-hydrogen) atoms. The van der Waals surface area contributed by atoms with E-state index >= 15 is 4.39 Å². The van der Waals surface area contributed by atoms with Gasteiger partial charge in [-0.15, -0.1) is 0 Å². The molecule has 0 N–H and O–H groups in total. The van der Waals surface area contributed by atoms with Gasteiger partial charge in [0.15, 0.2) is 0 Å². The van der Waals surface area contributed by atoms with E-state index in [0.717, 1.165) is 23.8 Å². The average Bonchev–Trinajstić information content (AvgIpc) is 2.67. The smallest absolute Gasteiger partial charge is 0.253 e. The number of nitrogens with zero attached hydrogens (tertiary/aromatic N) is 2. The van der Waals surface area contributed by atoms with Crippen molar-refractivity contribution in [2.75, 3.05) is 13.0 Å². The number of hydrogen-bond acceptors (Lipinski definition) is 2. The molecule has 2 aromatic rings. The van der Waals surface area contributed by atoms with E-state index in [0.29, 0.717) is 0 Å². The zero-order valence-corrected chi connectivity index (χ0v) is 15.3. The van der Waals surface area contributed by atoms with Crippen molar-refractivity contribution in [3.8, 4) is 0 Å². The Labute approximate surface area is 174 Å². The Morgan fingerprint density at radius 1 is 1.37 bits per heavy atom. The summed E-state index contributed by atoms with van der Waals surface area (Å²) in [6, 6.07) is 5.62. The van der Waals surface area contributed by atoms with E-state index in [9.17, 15) is 9.18 Å². The maximum absolute atomic E-state index is 16.2. The van der Waals surface area contributed by atoms with Gasteiger partial charge in [0, 0.05) is 41.4 Å². The highest BCUT2D eigenvalue weighted by Gasteiger charge is 2.35. The molecule has 2 heterocycles. The van der Waals surface area contributed by atoms with E-state index in [1.807, 2.05) is 0 Å². The molecule has 144 valence electrons. The average molecular weight is 401 g/mol. The standard InChI is InChI=1S/C21H23ClF2N2O/c1-15-4-6-17(25-14-15)3-2-8-21(24)9-11-26(12-10-21)20(27)16-5-7-19(23)18(22)13-16/h4-7,13-14H,2-3,8-12H2,1H3/i3D2,8D2,11D2,12D2. The third-order valence-electron chi connectivity index (χ3n) is 3.99. The maximum atomic E-state index is 16.2. The van der Waals surface area contributed by atoms with Crippen LogP contribution < -0.4 is 0 Å². The molecule has 0 unspecified atom stereocenters.